The standard InChI is InChI=1S/C12H22N2O3.ClH/c15-12(11-9-16-8-6-13-11)14-5-4-10-3-1-2-7-17-10;/h10-11,13H,1-9H2,(H,14,15);1H. The predicted molar refractivity (Wildman–Crippen MR) is 71.1 cm³/mol. The van der Waals surface area contributed by atoms with Gasteiger partial charge in [-0.2, -0.15) is 0 Å². The van der Waals surface area contributed by atoms with E-state index in [1.807, 2.05) is 0 Å². The van der Waals surface area contributed by atoms with Crippen LogP contribution in [0.5, 0.6) is 0 Å². The van der Waals surface area contributed by atoms with E-state index in [0.717, 1.165) is 26.0 Å². The molecule has 2 aliphatic heterocycles. The van der Waals surface area contributed by atoms with Gasteiger partial charge in [-0.25, -0.2) is 0 Å². The van der Waals surface area contributed by atoms with Gasteiger partial charge in [0.2, 0.25) is 5.91 Å². The number of nitrogens with one attached hydrogen (secondary N) is 2. The van der Waals surface area contributed by atoms with Crippen molar-refractivity contribution in [2.45, 2.75) is 37.8 Å². The van der Waals surface area contributed by atoms with Crippen LogP contribution in [0, 0.1) is 0 Å². The summed E-state index contributed by atoms with van der Waals surface area (Å²) in [6.07, 6.45) is 4.79. The molecule has 1 amide bonds. The number of hydrogen-bond donors (Lipinski definition) is 2. The molecule has 0 saturated carbocycles. The predicted octanol–water partition coefficient (Wildman–Crippen LogP) is 0.472. The fourth-order valence-corrected chi connectivity index (χ4v) is 2.25. The number of carbonyl (C=O) groups is 1. The average molecular weight is 279 g/mol. The van der Waals surface area contributed by atoms with E-state index >= 15 is 0 Å². The molecule has 2 saturated heterocycles. The number of ether oxygens (including phenoxy) is 2. The Morgan fingerprint density at radius 1 is 1.33 bits per heavy atom. The number of hydrogen-bond acceptors (Lipinski definition) is 4. The maximum absolute atomic E-state index is 11.7. The number of rotatable bonds is 4. The number of halogens is 1. The van der Waals surface area contributed by atoms with E-state index < -0.39 is 0 Å². The van der Waals surface area contributed by atoms with Crippen LogP contribution in [0.2, 0.25) is 0 Å². The summed E-state index contributed by atoms with van der Waals surface area (Å²) in [7, 11) is 0. The first-order valence-electron chi connectivity index (χ1n) is 6.57. The third-order valence-electron chi connectivity index (χ3n) is 3.28. The summed E-state index contributed by atoms with van der Waals surface area (Å²) < 4.78 is 10.9. The second kappa shape index (κ2) is 8.69. The van der Waals surface area contributed by atoms with E-state index in [4.69, 9.17) is 9.47 Å². The van der Waals surface area contributed by atoms with Gasteiger partial charge >= 0.3 is 0 Å². The minimum absolute atomic E-state index is 0. The lowest BCUT2D eigenvalue weighted by Gasteiger charge is -2.25. The summed E-state index contributed by atoms with van der Waals surface area (Å²) in [6, 6.07) is -0.184. The van der Waals surface area contributed by atoms with Gasteiger partial charge in [-0.3, -0.25) is 4.79 Å². The molecule has 0 aromatic heterocycles. The van der Waals surface area contributed by atoms with E-state index in [2.05, 4.69) is 10.6 Å². The Bertz CT molecular complexity index is 241. The van der Waals surface area contributed by atoms with Crippen LogP contribution in [0.4, 0.5) is 0 Å². The monoisotopic (exact) mass is 278 g/mol. The van der Waals surface area contributed by atoms with Gasteiger partial charge in [0.1, 0.15) is 6.04 Å². The van der Waals surface area contributed by atoms with Crippen molar-refractivity contribution >= 4 is 18.3 Å². The van der Waals surface area contributed by atoms with Crippen molar-refractivity contribution in [1.82, 2.24) is 10.6 Å². The van der Waals surface area contributed by atoms with Crippen molar-refractivity contribution in [1.29, 1.82) is 0 Å². The van der Waals surface area contributed by atoms with Crippen molar-refractivity contribution in [3.63, 3.8) is 0 Å². The van der Waals surface area contributed by atoms with Crippen LogP contribution in [-0.4, -0.2) is 51.0 Å². The summed E-state index contributed by atoms with van der Waals surface area (Å²) in [6.45, 7) is 3.49. The molecule has 0 radical (unpaired) electrons. The second-order valence-electron chi connectivity index (χ2n) is 4.65. The molecule has 2 aliphatic rings. The summed E-state index contributed by atoms with van der Waals surface area (Å²) in [5.74, 6) is 0.0421. The quantitative estimate of drug-likeness (QED) is 0.785. The highest BCUT2D eigenvalue weighted by atomic mass is 35.5. The maximum Gasteiger partial charge on any atom is 0.239 e. The van der Waals surface area contributed by atoms with Gasteiger partial charge in [0.05, 0.1) is 19.3 Å². The Balaban J connectivity index is 0.00000162. The van der Waals surface area contributed by atoms with Crippen LogP contribution >= 0.6 is 12.4 Å². The molecule has 0 aromatic rings. The number of morpholine rings is 1. The third-order valence-corrected chi connectivity index (χ3v) is 3.28. The highest BCUT2D eigenvalue weighted by Crippen LogP contribution is 2.14. The van der Waals surface area contributed by atoms with E-state index in [1.165, 1.54) is 12.8 Å². The first-order chi connectivity index (χ1) is 8.36. The SMILES string of the molecule is Cl.O=C(NCCC1CCCCO1)C1COCCN1. The molecule has 0 bridgehead atoms. The zero-order chi connectivity index (χ0) is 11.9. The van der Waals surface area contributed by atoms with Gasteiger partial charge < -0.3 is 20.1 Å². The van der Waals surface area contributed by atoms with Crippen molar-refractivity contribution in [2.75, 3.05) is 32.9 Å². The lowest BCUT2D eigenvalue weighted by Crippen LogP contribution is -2.51. The van der Waals surface area contributed by atoms with Crippen LogP contribution in [0.15, 0.2) is 0 Å². The lowest BCUT2D eigenvalue weighted by atomic mass is 10.1. The van der Waals surface area contributed by atoms with Crippen LogP contribution in [0.3, 0.4) is 0 Å². The Morgan fingerprint density at radius 2 is 2.22 bits per heavy atom. The van der Waals surface area contributed by atoms with E-state index in [1.54, 1.807) is 0 Å². The molecule has 106 valence electrons. The molecule has 2 N–H and O–H groups in total. The van der Waals surface area contributed by atoms with E-state index in [-0.39, 0.29) is 24.4 Å². The molecule has 5 nitrogen and oxygen atoms in total. The molecular formula is C12H23ClN2O3. The fourth-order valence-electron chi connectivity index (χ4n) is 2.25. The van der Waals surface area contributed by atoms with Crippen molar-refractivity contribution < 1.29 is 14.3 Å². The first-order valence-corrected chi connectivity index (χ1v) is 6.57. The van der Waals surface area contributed by atoms with Gasteiger partial charge in [0, 0.05) is 19.7 Å². The molecular weight excluding hydrogens is 256 g/mol. The van der Waals surface area contributed by atoms with Crippen molar-refractivity contribution in [3.05, 3.63) is 0 Å². The fraction of sp³-hybridized carbons (Fsp3) is 0.917. The Kier molecular flexibility index (Phi) is 7.58. The molecule has 2 heterocycles. The molecule has 2 rings (SSSR count). The minimum atomic E-state index is -0.184. The van der Waals surface area contributed by atoms with E-state index in [9.17, 15) is 4.79 Å². The highest BCUT2D eigenvalue weighted by molar-refractivity contribution is 5.85. The maximum atomic E-state index is 11.7. The van der Waals surface area contributed by atoms with Crippen molar-refractivity contribution in [3.8, 4) is 0 Å². The topological polar surface area (TPSA) is 59.6 Å². The Hall–Kier alpha value is -0.360. The minimum Gasteiger partial charge on any atom is -0.378 e. The summed E-state index contributed by atoms with van der Waals surface area (Å²) in [5, 5.41) is 6.08. The Labute approximate surface area is 114 Å². The van der Waals surface area contributed by atoms with Gasteiger partial charge in [-0.15, -0.1) is 12.4 Å². The summed E-state index contributed by atoms with van der Waals surface area (Å²) in [5.41, 5.74) is 0. The molecule has 2 unspecified atom stereocenters. The summed E-state index contributed by atoms with van der Waals surface area (Å²) in [4.78, 5) is 11.7. The number of amides is 1. The zero-order valence-corrected chi connectivity index (χ0v) is 11.5. The molecule has 2 atom stereocenters. The lowest BCUT2D eigenvalue weighted by molar-refractivity contribution is -0.126. The molecule has 18 heavy (non-hydrogen) atoms. The van der Waals surface area contributed by atoms with Crippen LogP contribution < -0.4 is 10.6 Å². The van der Waals surface area contributed by atoms with Gasteiger partial charge in [-0.05, 0) is 25.7 Å². The van der Waals surface area contributed by atoms with Crippen LogP contribution in [0.25, 0.3) is 0 Å². The van der Waals surface area contributed by atoms with E-state index in [0.29, 0.717) is 25.9 Å². The normalized spacial score (nSPS) is 28.2. The average Bonchev–Trinajstić information content (AvgIpc) is 2.41. The largest absolute Gasteiger partial charge is 0.378 e. The summed E-state index contributed by atoms with van der Waals surface area (Å²) >= 11 is 0. The highest BCUT2D eigenvalue weighted by Gasteiger charge is 2.21. The molecule has 0 aromatic carbocycles. The van der Waals surface area contributed by atoms with Crippen LogP contribution in [-0.2, 0) is 14.3 Å². The molecule has 0 spiro atoms. The Morgan fingerprint density at radius 3 is 2.89 bits per heavy atom. The van der Waals surface area contributed by atoms with Gasteiger partial charge in [0.15, 0.2) is 0 Å². The zero-order valence-electron chi connectivity index (χ0n) is 10.7. The van der Waals surface area contributed by atoms with Gasteiger partial charge in [-0.1, -0.05) is 0 Å². The van der Waals surface area contributed by atoms with Crippen molar-refractivity contribution in [2.24, 2.45) is 0 Å². The molecule has 2 fully saturated rings. The smallest absolute Gasteiger partial charge is 0.239 e. The second-order valence-corrected chi connectivity index (χ2v) is 4.65. The molecule has 6 heteroatoms. The first kappa shape index (κ1) is 15.7. The molecule has 0 aliphatic carbocycles. The van der Waals surface area contributed by atoms with Gasteiger partial charge in [0.25, 0.3) is 0 Å². The third kappa shape index (κ3) is 5.10. The number of carbonyl (C=O) groups excluding carboxylic acids is 1. The van der Waals surface area contributed by atoms with Crippen LogP contribution in [0.1, 0.15) is 25.7 Å².